The van der Waals surface area contributed by atoms with Gasteiger partial charge in [-0.25, -0.2) is 4.98 Å². The number of hydrogen-bond donors (Lipinski definition) is 6. The summed E-state index contributed by atoms with van der Waals surface area (Å²) in [6, 6.07) is 0. The minimum absolute atomic E-state index is 0.113. The van der Waals surface area contributed by atoms with Crippen molar-refractivity contribution in [2.24, 2.45) is 15.9 Å². The molecule has 1 heterocycles. The first-order valence-electron chi connectivity index (χ1n) is 5.93. The second kappa shape index (κ2) is 8.34. The summed E-state index contributed by atoms with van der Waals surface area (Å²) in [6.45, 7) is -1.49. The Hall–Kier alpha value is -1.98. The lowest BCUT2D eigenvalue weighted by Gasteiger charge is -2.21. The van der Waals surface area contributed by atoms with Crippen LogP contribution in [0.3, 0.4) is 0 Å². The van der Waals surface area contributed by atoms with Gasteiger partial charge in [0, 0.05) is 12.4 Å². The van der Waals surface area contributed by atoms with Gasteiger partial charge < -0.3 is 31.3 Å². The van der Waals surface area contributed by atoms with Gasteiger partial charge in [0.05, 0.1) is 25.1 Å². The van der Waals surface area contributed by atoms with Crippen LogP contribution in [0, 0.1) is 0 Å². The largest absolute Gasteiger partial charge is 0.394 e. The quantitative estimate of drug-likeness (QED) is 0.171. The van der Waals surface area contributed by atoms with Gasteiger partial charge in [0.1, 0.15) is 24.0 Å². The van der Waals surface area contributed by atoms with Crippen LogP contribution in [0.25, 0.3) is 0 Å². The SMILES string of the molecule is N/C(=N\N=C(CO)[C@@H](O)[C@H](O)[C@H](O)CO)c1cnccn1. The van der Waals surface area contributed by atoms with Gasteiger partial charge >= 0.3 is 0 Å². The van der Waals surface area contributed by atoms with Gasteiger partial charge in [0.15, 0.2) is 5.84 Å². The molecule has 0 radical (unpaired) electrons. The van der Waals surface area contributed by atoms with Gasteiger partial charge in [-0.05, 0) is 0 Å². The fourth-order valence-corrected chi connectivity index (χ4v) is 1.30. The number of hydrogen-bond acceptors (Lipinski definition) is 9. The van der Waals surface area contributed by atoms with E-state index in [1.165, 1.54) is 18.6 Å². The molecule has 0 fully saturated rings. The Morgan fingerprint density at radius 3 is 2.43 bits per heavy atom. The van der Waals surface area contributed by atoms with Crippen LogP contribution in [0.2, 0.25) is 0 Å². The van der Waals surface area contributed by atoms with E-state index >= 15 is 0 Å². The fourth-order valence-electron chi connectivity index (χ4n) is 1.30. The molecule has 0 amide bonds. The lowest BCUT2D eigenvalue weighted by molar-refractivity contribution is -0.0564. The van der Waals surface area contributed by atoms with Gasteiger partial charge in [-0.2, -0.15) is 5.10 Å². The van der Waals surface area contributed by atoms with E-state index in [2.05, 4.69) is 20.2 Å². The molecule has 0 saturated heterocycles. The van der Waals surface area contributed by atoms with Gasteiger partial charge in [0.2, 0.25) is 0 Å². The van der Waals surface area contributed by atoms with Crippen LogP contribution in [0.1, 0.15) is 5.69 Å². The number of aromatic nitrogens is 2. The Balaban J connectivity index is 2.89. The summed E-state index contributed by atoms with van der Waals surface area (Å²) < 4.78 is 0. The minimum atomic E-state index is -1.73. The molecule has 0 aliphatic rings. The molecule has 1 rings (SSSR count). The van der Waals surface area contributed by atoms with E-state index in [1.807, 2.05) is 0 Å². The average molecular weight is 299 g/mol. The van der Waals surface area contributed by atoms with E-state index in [-0.39, 0.29) is 17.2 Å². The third-order valence-corrected chi connectivity index (χ3v) is 2.52. The highest BCUT2D eigenvalue weighted by molar-refractivity contribution is 5.96. The van der Waals surface area contributed by atoms with Crippen LogP contribution >= 0.6 is 0 Å². The van der Waals surface area contributed by atoms with E-state index in [1.54, 1.807) is 0 Å². The number of rotatable bonds is 7. The Morgan fingerprint density at radius 2 is 1.90 bits per heavy atom. The highest BCUT2D eigenvalue weighted by Gasteiger charge is 2.28. The number of nitrogens with two attached hydrogens (primary N) is 1. The molecule has 0 aliphatic heterocycles. The molecule has 1 aromatic heterocycles. The second-order valence-corrected chi connectivity index (χ2v) is 4.01. The Kier molecular flexibility index (Phi) is 6.78. The van der Waals surface area contributed by atoms with Crippen LogP contribution in [0.4, 0.5) is 0 Å². The molecule has 10 nitrogen and oxygen atoms in total. The molecule has 0 saturated carbocycles. The normalized spacial score (nSPS) is 17.4. The summed E-state index contributed by atoms with van der Waals surface area (Å²) in [6.07, 6.45) is -0.851. The lowest BCUT2D eigenvalue weighted by atomic mass is 10.0. The van der Waals surface area contributed by atoms with E-state index in [0.29, 0.717) is 0 Å². The summed E-state index contributed by atoms with van der Waals surface area (Å²) in [5.41, 5.74) is 5.49. The van der Waals surface area contributed by atoms with Crippen molar-refractivity contribution < 1.29 is 25.5 Å². The van der Waals surface area contributed by atoms with Crippen LogP contribution in [-0.4, -0.2) is 78.6 Å². The zero-order valence-corrected chi connectivity index (χ0v) is 11.0. The summed E-state index contributed by atoms with van der Waals surface area (Å²) >= 11 is 0. The molecule has 0 aromatic carbocycles. The predicted molar refractivity (Wildman–Crippen MR) is 72.4 cm³/mol. The van der Waals surface area contributed by atoms with Crippen LogP contribution in [0.5, 0.6) is 0 Å². The lowest BCUT2D eigenvalue weighted by Crippen LogP contribution is -2.44. The summed E-state index contributed by atoms with van der Waals surface area (Å²) in [7, 11) is 0. The van der Waals surface area contributed by atoms with Crippen molar-refractivity contribution in [3.05, 3.63) is 24.3 Å². The van der Waals surface area contributed by atoms with Crippen molar-refractivity contribution in [1.82, 2.24) is 9.97 Å². The molecule has 1 aromatic rings. The van der Waals surface area contributed by atoms with Crippen LogP contribution < -0.4 is 5.73 Å². The average Bonchev–Trinajstić information content (AvgIpc) is 2.54. The standard InChI is InChI=1S/C11H17N5O5/c12-11(6-3-13-1-2-14-6)16-15-7(4-17)9(20)10(21)8(19)5-18/h1-3,8-10,17-21H,4-5H2,(H2,12,16)/t8-,9-,10-/m1/s1. The van der Waals surface area contributed by atoms with Crippen molar-refractivity contribution in [2.75, 3.05) is 13.2 Å². The van der Waals surface area contributed by atoms with Crippen molar-refractivity contribution in [1.29, 1.82) is 0 Å². The summed E-state index contributed by atoms with van der Waals surface area (Å²) in [4.78, 5) is 7.65. The Bertz CT molecular complexity index is 495. The molecular formula is C11H17N5O5. The molecule has 10 heteroatoms. The second-order valence-electron chi connectivity index (χ2n) is 4.01. The van der Waals surface area contributed by atoms with Crippen LogP contribution in [-0.2, 0) is 0 Å². The molecule has 116 valence electrons. The maximum absolute atomic E-state index is 9.71. The molecule has 0 spiro atoms. The zero-order chi connectivity index (χ0) is 15.8. The number of aliphatic hydroxyl groups excluding tert-OH is 5. The molecule has 0 unspecified atom stereocenters. The van der Waals surface area contributed by atoms with Crippen LogP contribution in [0.15, 0.2) is 28.8 Å². The van der Waals surface area contributed by atoms with E-state index < -0.39 is 31.5 Å². The van der Waals surface area contributed by atoms with E-state index in [9.17, 15) is 15.3 Å². The summed E-state index contributed by atoms with van der Waals surface area (Å²) in [5, 5.41) is 53.3. The number of aliphatic hydroxyl groups is 5. The highest BCUT2D eigenvalue weighted by Crippen LogP contribution is 2.03. The smallest absolute Gasteiger partial charge is 0.173 e. The third-order valence-electron chi connectivity index (χ3n) is 2.52. The van der Waals surface area contributed by atoms with Gasteiger partial charge in [-0.15, -0.1) is 5.10 Å². The van der Waals surface area contributed by atoms with Gasteiger partial charge in [0.25, 0.3) is 0 Å². The van der Waals surface area contributed by atoms with Crippen molar-refractivity contribution in [2.45, 2.75) is 18.3 Å². The maximum Gasteiger partial charge on any atom is 0.173 e. The molecule has 7 N–H and O–H groups in total. The van der Waals surface area contributed by atoms with Crippen molar-refractivity contribution in [3.63, 3.8) is 0 Å². The first-order chi connectivity index (χ1) is 10.0. The first-order valence-corrected chi connectivity index (χ1v) is 5.93. The minimum Gasteiger partial charge on any atom is -0.394 e. The molecule has 3 atom stereocenters. The number of nitrogens with zero attached hydrogens (tertiary/aromatic N) is 4. The topological polar surface area (TPSA) is 178 Å². The van der Waals surface area contributed by atoms with Gasteiger partial charge in [-0.1, -0.05) is 0 Å². The maximum atomic E-state index is 9.71. The zero-order valence-electron chi connectivity index (χ0n) is 11.0. The predicted octanol–water partition coefficient (Wildman–Crippen LogP) is -3.39. The fraction of sp³-hybridized carbons (Fsp3) is 0.455. The van der Waals surface area contributed by atoms with E-state index in [4.69, 9.17) is 15.9 Å². The summed E-state index contributed by atoms with van der Waals surface area (Å²) in [5.74, 6) is -0.113. The Morgan fingerprint density at radius 1 is 1.19 bits per heavy atom. The Labute approximate surface area is 119 Å². The monoisotopic (exact) mass is 299 g/mol. The van der Waals surface area contributed by atoms with Gasteiger partial charge in [-0.3, -0.25) is 4.98 Å². The van der Waals surface area contributed by atoms with Crippen molar-refractivity contribution >= 4 is 11.5 Å². The number of amidine groups is 1. The highest BCUT2D eigenvalue weighted by atomic mass is 16.4. The first kappa shape index (κ1) is 17.1. The molecule has 0 aliphatic carbocycles. The molecule has 21 heavy (non-hydrogen) atoms. The molecular weight excluding hydrogens is 282 g/mol. The van der Waals surface area contributed by atoms with Crippen molar-refractivity contribution in [3.8, 4) is 0 Å². The van der Waals surface area contributed by atoms with E-state index in [0.717, 1.165) is 0 Å². The third kappa shape index (κ3) is 4.81. The molecule has 0 bridgehead atoms.